The fourth-order valence-corrected chi connectivity index (χ4v) is 5.08. The quantitative estimate of drug-likeness (QED) is 0.348. The summed E-state index contributed by atoms with van der Waals surface area (Å²) in [4.78, 5) is 28.2. The summed E-state index contributed by atoms with van der Waals surface area (Å²) in [6.45, 7) is 10.5. The molecule has 3 aromatic rings. The number of piperidine rings is 1. The van der Waals surface area contributed by atoms with Crippen LogP contribution >= 0.6 is 0 Å². The summed E-state index contributed by atoms with van der Waals surface area (Å²) in [5, 5.41) is 16.3. The zero-order chi connectivity index (χ0) is 28.7. The maximum atomic E-state index is 13.0. The topological polar surface area (TPSA) is 134 Å². The molecule has 14 heteroatoms. The number of aromatic nitrogens is 5. The molecule has 11 nitrogen and oxygen atoms in total. The number of hydrogen-bond acceptors (Lipinski definition) is 10. The Kier molecular flexibility index (Phi) is 7.38. The zero-order valence-corrected chi connectivity index (χ0v) is 22.8. The summed E-state index contributed by atoms with van der Waals surface area (Å²) in [6.07, 6.45) is -1.84. The lowest BCUT2D eigenvalue weighted by molar-refractivity contribution is -0.157. The van der Waals surface area contributed by atoms with Crippen LogP contribution in [0.25, 0.3) is 11.6 Å². The highest BCUT2D eigenvalue weighted by atomic mass is 19.4. The number of nitrogens with zero attached hydrogens (tertiary/aromatic N) is 6. The molecule has 0 saturated carbocycles. The number of carbonyl (C=O) groups excluding carboxylic acids is 1. The van der Waals surface area contributed by atoms with Gasteiger partial charge in [-0.2, -0.15) is 13.2 Å². The van der Waals surface area contributed by atoms with Crippen molar-refractivity contribution in [1.82, 2.24) is 30.5 Å². The van der Waals surface area contributed by atoms with Crippen LogP contribution in [-0.4, -0.2) is 63.3 Å². The van der Waals surface area contributed by atoms with Crippen LogP contribution in [-0.2, 0) is 16.4 Å². The molecule has 0 bridgehead atoms. The molecule has 0 spiro atoms. The number of anilines is 3. The second-order valence-electron chi connectivity index (χ2n) is 10.8. The number of alkyl halides is 3. The molecule has 2 aliphatic heterocycles. The van der Waals surface area contributed by atoms with Gasteiger partial charge in [-0.05, 0) is 38.8 Å². The third-order valence-electron chi connectivity index (χ3n) is 7.24. The van der Waals surface area contributed by atoms with Gasteiger partial charge in [0.2, 0.25) is 5.91 Å². The Balaban J connectivity index is 1.38. The van der Waals surface area contributed by atoms with Crippen LogP contribution in [0.15, 0.2) is 22.9 Å². The first-order valence-corrected chi connectivity index (χ1v) is 13.3. The number of carbonyl (C=O) groups is 1. The van der Waals surface area contributed by atoms with Crippen LogP contribution in [0.3, 0.4) is 0 Å². The fraction of sp³-hybridized carbons (Fsp3) is 0.538. The summed E-state index contributed by atoms with van der Waals surface area (Å²) >= 11 is 0. The molecule has 1 amide bonds. The number of halogens is 3. The summed E-state index contributed by atoms with van der Waals surface area (Å²) in [7, 11) is 0. The number of pyridine rings is 1. The molecule has 0 aliphatic carbocycles. The standard InChI is InChI=1S/C26H32F3N9O2/c1-14(2)30-9-10-31-16-5-6-17(22-36-37-24(40-22)26(27,28)29)34-19(16)15-7-11-38(12-8-15)21-18-20(32-13-33-21)35-23(39)25(18,3)4/h5-6,13-15,30-31H,7-12H2,1-4H3,(H,32,33,35,39). The molecule has 1 fully saturated rings. The Morgan fingerprint density at radius 3 is 2.58 bits per heavy atom. The SMILES string of the molecule is CC(C)NCCNc1ccc(-c2nnc(C(F)(F)F)o2)nc1C1CCN(c2ncnc3c2C(C)(C)C(=O)N3)CC1. The molecule has 0 aromatic carbocycles. The predicted octanol–water partition coefficient (Wildman–Crippen LogP) is 3.96. The van der Waals surface area contributed by atoms with E-state index in [2.05, 4.69) is 54.9 Å². The second-order valence-corrected chi connectivity index (χ2v) is 10.8. The molecule has 5 heterocycles. The molecule has 0 radical (unpaired) electrons. The van der Waals surface area contributed by atoms with Gasteiger partial charge in [0.05, 0.1) is 22.4 Å². The third kappa shape index (κ3) is 5.44. The highest BCUT2D eigenvalue weighted by Gasteiger charge is 2.43. The second kappa shape index (κ2) is 10.6. The largest absolute Gasteiger partial charge is 0.470 e. The predicted molar refractivity (Wildman–Crippen MR) is 142 cm³/mol. The Morgan fingerprint density at radius 1 is 1.15 bits per heavy atom. The monoisotopic (exact) mass is 559 g/mol. The normalized spacial score (nSPS) is 17.3. The Morgan fingerprint density at radius 2 is 1.90 bits per heavy atom. The number of rotatable bonds is 8. The van der Waals surface area contributed by atoms with E-state index < -0.39 is 17.5 Å². The van der Waals surface area contributed by atoms with Crippen molar-refractivity contribution in [2.24, 2.45) is 0 Å². The van der Waals surface area contributed by atoms with Crippen molar-refractivity contribution in [1.29, 1.82) is 0 Å². The van der Waals surface area contributed by atoms with Gasteiger partial charge < -0.3 is 25.3 Å². The van der Waals surface area contributed by atoms with Gasteiger partial charge in [-0.1, -0.05) is 13.8 Å². The zero-order valence-electron chi connectivity index (χ0n) is 22.8. The van der Waals surface area contributed by atoms with Crippen LogP contribution in [0.5, 0.6) is 0 Å². The minimum atomic E-state index is -4.73. The lowest BCUT2D eigenvalue weighted by atomic mass is 9.86. The minimum Gasteiger partial charge on any atom is -0.411 e. The number of amides is 1. The first-order valence-electron chi connectivity index (χ1n) is 13.3. The van der Waals surface area contributed by atoms with Crippen molar-refractivity contribution in [2.75, 3.05) is 41.7 Å². The van der Waals surface area contributed by atoms with Crippen LogP contribution in [0, 0.1) is 0 Å². The Bertz CT molecular complexity index is 1380. The molecule has 214 valence electrons. The Labute approximate surface area is 229 Å². The van der Waals surface area contributed by atoms with Crippen molar-refractivity contribution >= 4 is 23.2 Å². The van der Waals surface area contributed by atoms with Gasteiger partial charge in [-0.15, -0.1) is 10.2 Å². The number of hydrogen-bond donors (Lipinski definition) is 3. The first-order chi connectivity index (χ1) is 18.9. The van der Waals surface area contributed by atoms with Crippen LogP contribution in [0.2, 0.25) is 0 Å². The maximum Gasteiger partial charge on any atom is 0.470 e. The van der Waals surface area contributed by atoms with Crippen molar-refractivity contribution in [2.45, 2.75) is 64.1 Å². The minimum absolute atomic E-state index is 0.0180. The summed E-state index contributed by atoms with van der Waals surface area (Å²) in [6, 6.07) is 3.72. The van der Waals surface area contributed by atoms with E-state index in [4.69, 9.17) is 9.40 Å². The average Bonchev–Trinajstić information content (AvgIpc) is 3.50. The van der Waals surface area contributed by atoms with Gasteiger partial charge >= 0.3 is 12.1 Å². The lowest BCUT2D eigenvalue weighted by Gasteiger charge is -2.35. The molecular formula is C26H32F3N9O2. The molecule has 3 aromatic heterocycles. The first kappa shape index (κ1) is 27.7. The summed E-state index contributed by atoms with van der Waals surface area (Å²) < 4.78 is 44.0. The number of fused-ring (bicyclic) bond motifs is 1. The molecular weight excluding hydrogens is 527 g/mol. The number of nitrogens with one attached hydrogen (secondary N) is 3. The Hall–Kier alpha value is -3.81. The maximum absolute atomic E-state index is 13.0. The van der Waals surface area contributed by atoms with E-state index in [1.54, 1.807) is 12.1 Å². The van der Waals surface area contributed by atoms with Crippen LogP contribution in [0.1, 0.15) is 63.6 Å². The van der Waals surface area contributed by atoms with E-state index in [1.807, 2.05) is 13.8 Å². The molecule has 40 heavy (non-hydrogen) atoms. The molecule has 2 aliphatic rings. The van der Waals surface area contributed by atoms with Gasteiger partial charge in [-0.3, -0.25) is 4.79 Å². The molecule has 1 saturated heterocycles. The van der Waals surface area contributed by atoms with Gasteiger partial charge in [0.25, 0.3) is 5.89 Å². The van der Waals surface area contributed by atoms with E-state index in [-0.39, 0.29) is 23.4 Å². The van der Waals surface area contributed by atoms with Gasteiger partial charge in [0.1, 0.15) is 23.7 Å². The van der Waals surface area contributed by atoms with Crippen molar-refractivity contribution in [3.05, 3.63) is 35.6 Å². The van der Waals surface area contributed by atoms with Gasteiger partial charge in [-0.25, -0.2) is 15.0 Å². The summed E-state index contributed by atoms with van der Waals surface area (Å²) in [5.74, 6) is -0.515. The summed E-state index contributed by atoms with van der Waals surface area (Å²) in [5.41, 5.74) is 1.77. The van der Waals surface area contributed by atoms with Gasteiger partial charge in [0.15, 0.2) is 0 Å². The average molecular weight is 560 g/mol. The molecule has 5 rings (SSSR count). The van der Waals surface area contributed by atoms with E-state index >= 15 is 0 Å². The van der Waals surface area contributed by atoms with Gasteiger partial charge in [0, 0.05) is 38.1 Å². The van der Waals surface area contributed by atoms with Crippen molar-refractivity contribution in [3.63, 3.8) is 0 Å². The van der Waals surface area contributed by atoms with Crippen molar-refractivity contribution < 1.29 is 22.4 Å². The van der Waals surface area contributed by atoms with E-state index in [0.29, 0.717) is 44.3 Å². The fourth-order valence-electron chi connectivity index (χ4n) is 5.08. The van der Waals surface area contributed by atoms with E-state index in [9.17, 15) is 18.0 Å². The molecule has 3 N–H and O–H groups in total. The van der Waals surface area contributed by atoms with Crippen LogP contribution < -0.4 is 20.9 Å². The smallest absolute Gasteiger partial charge is 0.411 e. The van der Waals surface area contributed by atoms with Crippen molar-refractivity contribution in [3.8, 4) is 11.6 Å². The molecule has 0 unspecified atom stereocenters. The third-order valence-corrected chi connectivity index (χ3v) is 7.24. The highest BCUT2D eigenvalue weighted by molar-refractivity contribution is 6.06. The van der Waals surface area contributed by atoms with E-state index in [0.717, 1.165) is 29.3 Å². The molecule has 0 atom stereocenters. The van der Waals surface area contributed by atoms with E-state index in [1.165, 1.54) is 6.33 Å². The van der Waals surface area contributed by atoms with Crippen LogP contribution in [0.4, 0.5) is 30.5 Å². The lowest BCUT2D eigenvalue weighted by Crippen LogP contribution is -2.36. The highest BCUT2D eigenvalue weighted by Crippen LogP contribution is 2.43.